The zero-order chi connectivity index (χ0) is 20.1. The smallest absolute Gasteiger partial charge is 0.140 e. The highest BCUT2D eigenvalue weighted by atomic mass is 32.1. The molecule has 3 atom stereocenters. The number of aromatic nitrogens is 1. The molecule has 0 radical (unpaired) electrons. The Kier molecular flexibility index (Phi) is 6.90. The minimum absolute atomic E-state index is 0.120. The van der Waals surface area contributed by atoms with Crippen LogP contribution < -0.4 is 27.8 Å². The van der Waals surface area contributed by atoms with Crippen molar-refractivity contribution in [3.8, 4) is 0 Å². The molecule has 28 heavy (non-hydrogen) atoms. The lowest BCUT2D eigenvalue weighted by Gasteiger charge is -2.30. The summed E-state index contributed by atoms with van der Waals surface area (Å²) in [5.41, 5.74) is 20.4. The number of hydrogen-bond donors (Lipinski definition) is 6. The largest absolute Gasteiger partial charge is 0.390 e. The molecule has 0 aromatic carbocycles. The summed E-state index contributed by atoms with van der Waals surface area (Å²) in [6, 6.07) is 3.93. The molecule has 1 fully saturated rings. The normalized spacial score (nSPS) is 21.0. The van der Waals surface area contributed by atoms with E-state index in [1.807, 2.05) is 17.5 Å². The average Bonchev–Trinajstić information content (AvgIpc) is 3.01. The van der Waals surface area contributed by atoms with Crippen LogP contribution in [0, 0.1) is 0 Å². The maximum atomic E-state index is 9.97. The first-order valence-corrected chi connectivity index (χ1v) is 10.6. The number of aliphatic hydroxyl groups excluding tert-OH is 1. The van der Waals surface area contributed by atoms with Crippen LogP contribution in [0.5, 0.6) is 0 Å². The van der Waals surface area contributed by atoms with Crippen LogP contribution in [-0.4, -0.2) is 22.2 Å². The number of rotatable bonds is 7. The van der Waals surface area contributed by atoms with Gasteiger partial charge >= 0.3 is 0 Å². The summed E-state index contributed by atoms with van der Waals surface area (Å²) >= 11 is 1.46. The van der Waals surface area contributed by atoms with E-state index in [9.17, 15) is 5.11 Å². The topological polar surface area (TPSA) is 135 Å². The van der Waals surface area contributed by atoms with Gasteiger partial charge in [0.2, 0.25) is 0 Å². The molecule has 1 aliphatic rings. The molecule has 8 heteroatoms. The highest BCUT2D eigenvalue weighted by Gasteiger charge is 2.22. The van der Waals surface area contributed by atoms with Gasteiger partial charge in [-0.15, -0.1) is 11.3 Å². The quantitative estimate of drug-likeness (QED) is 0.390. The summed E-state index contributed by atoms with van der Waals surface area (Å²) in [7, 11) is 0. The van der Waals surface area contributed by atoms with Crippen LogP contribution in [0.15, 0.2) is 23.6 Å². The number of nitrogen functional groups attached to an aromatic ring is 1. The fraction of sp³-hybridized carbons (Fsp3) is 0.450. The second-order valence-electron chi connectivity index (χ2n) is 7.14. The van der Waals surface area contributed by atoms with Crippen molar-refractivity contribution < 1.29 is 5.11 Å². The molecule has 0 bridgehead atoms. The lowest BCUT2D eigenvalue weighted by Crippen LogP contribution is -2.42. The van der Waals surface area contributed by atoms with E-state index in [-0.39, 0.29) is 12.1 Å². The van der Waals surface area contributed by atoms with Gasteiger partial charge < -0.3 is 32.9 Å². The van der Waals surface area contributed by atoms with Gasteiger partial charge in [0.1, 0.15) is 17.9 Å². The highest BCUT2D eigenvalue weighted by Crippen LogP contribution is 2.34. The van der Waals surface area contributed by atoms with Crippen molar-refractivity contribution in [2.75, 3.05) is 16.4 Å². The molecule has 0 amide bonds. The van der Waals surface area contributed by atoms with Gasteiger partial charge in [-0.05, 0) is 31.4 Å². The maximum Gasteiger partial charge on any atom is 0.140 e. The molecule has 1 aliphatic carbocycles. The number of thiophene rings is 1. The van der Waals surface area contributed by atoms with E-state index < -0.39 is 6.23 Å². The Labute approximate surface area is 170 Å². The lowest BCUT2D eigenvalue weighted by molar-refractivity contribution is 0.186. The molecule has 9 N–H and O–H groups in total. The van der Waals surface area contributed by atoms with E-state index in [1.165, 1.54) is 17.8 Å². The fourth-order valence-electron chi connectivity index (χ4n) is 3.43. The van der Waals surface area contributed by atoms with Crippen LogP contribution in [0.4, 0.5) is 22.3 Å². The molecule has 2 heterocycles. The Morgan fingerprint density at radius 3 is 2.86 bits per heavy atom. The van der Waals surface area contributed by atoms with Gasteiger partial charge in [0.15, 0.2) is 0 Å². The predicted molar refractivity (Wildman–Crippen MR) is 119 cm³/mol. The van der Waals surface area contributed by atoms with Crippen LogP contribution in [-0.2, 0) is 0 Å². The van der Waals surface area contributed by atoms with Crippen molar-refractivity contribution >= 4 is 39.7 Å². The SMILES string of the molecule is CC/C=C\c1c(Nc2nc(N[C@@H]3CCCC[C@@H]3N)ccc2C(N)O)csc1N. The standard InChI is InChI=1S/C20H30N6OS/c1-2-3-6-12-16(11-28-19(12)23)25-20-13(18(22)27)9-10-17(26-20)24-15-8-5-4-7-14(15)21/h3,6,9-11,14-15,18,27H,2,4-5,7-8,21-23H2,1H3,(H2,24,25,26)/b6-3-/t14-,15+,18?/m0/s1. The summed E-state index contributed by atoms with van der Waals surface area (Å²) in [6.07, 6.45) is 8.22. The van der Waals surface area contributed by atoms with Gasteiger partial charge in [0, 0.05) is 28.6 Å². The molecule has 0 spiro atoms. The summed E-state index contributed by atoms with van der Waals surface area (Å²) < 4.78 is 0. The number of hydrogen-bond acceptors (Lipinski definition) is 8. The van der Waals surface area contributed by atoms with E-state index in [0.29, 0.717) is 17.2 Å². The van der Waals surface area contributed by atoms with Crippen molar-refractivity contribution in [3.63, 3.8) is 0 Å². The number of nitrogens with one attached hydrogen (secondary N) is 2. The molecule has 1 unspecified atom stereocenters. The Hall–Kier alpha value is -2.13. The van der Waals surface area contributed by atoms with Crippen LogP contribution in [0.2, 0.25) is 0 Å². The van der Waals surface area contributed by atoms with Gasteiger partial charge in [-0.3, -0.25) is 0 Å². The van der Waals surface area contributed by atoms with E-state index in [1.54, 1.807) is 6.07 Å². The monoisotopic (exact) mass is 402 g/mol. The van der Waals surface area contributed by atoms with Crippen molar-refractivity contribution in [3.05, 3.63) is 34.7 Å². The van der Waals surface area contributed by atoms with E-state index in [4.69, 9.17) is 17.2 Å². The number of pyridine rings is 1. The molecule has 3 rings (SSSR count). The molecule has 7 nitrogen and oxygen atoms in total. The maximum absolute atomic E-state index is 9.97. The Bertz CT molecular complexity index is 819. The number of allylic oxidation sites excluding steroid dienone is 1. The molecular formula is C20H30N6OS. The van der Waals surface area contributed by atoms with Crippen LogP contribution >= 0.6 is 11.3 Å². The summed E-state index contributed by atoms with van der Waals surface area (Å²) in [5, 5.41) is 19.4. The molecule has 0 aliphatic heterocycles. The van der Waals surface area contributed by atoms with Crippen molar-refractivity contribution in [2.45, 2.75) is 57.3 Å². The number of nitrogens with two attached hydrogens (primary N) is 3. The zero-order valence-corrected chi connectivity index (χ0v) is 17.0. The third kappa shape index (κ3) is 4.82. The van der Waals surface area contributed by atoms with E-state index in [0.717, 1.165) is 41.9 Å². The summed E-state index contributed by atoms with van der Waals surface area (Å²) in [6.45, 7) is 2.07. The molecule has 1 saturated carbocycles. The lowest BCUT2D eigenvalue weighted by atomic mass is 9.91. The van der Waals surface area contributed by atoms with Crippen LogP contribution in [0.25, 0.3) is 6.08 Å². The first kappa shape index (κ1) is 20.6. The Morgan fingerprint density at radius 2 is 2.14 bits per heavy atom. The number of nitrogens with zero attached hydrogens (tertiary/aromatic N) is 1. The van der Waals surface area contributed by atoms with Gasteiger partial charge in [-0.2, -0.15) is 0 Å². The van der Waals surface area contributed by atoms with Gasteiger partial charge in [-0.1, -0.05) is 31.9 Å². The zero-order valence-electron chi connectivity index (χ0n) is 16.2. The first-order valence-electron chi connectivity index (χ1n) is 9.76. The number of anilines is 4. The Balaban J connectivity index is 1.87. The minimum Gasteiger partial charge on any atom is -0.390 e. The first-order chi connectivity index (χ1) is 13.5. The van der Waals surface area contributed by atoms with Gasteiger partial charge in [0.25, 0.3) is 0 Å². The highest BCUT2D eigenvalue weighted by molar-refractivity contribution is 7.14. The van der Waals surface area contributed by atoms with Crippen LogP contribution in [0.3, 0.4) is 0 Å². The summed E-state index contributed by atoms with van der Waals surface area (Å²) in [5.74, 6) is 1.22. The van der Waals surface area contributed by atoms with Crippen molar-refractivity contribution in [2.24, 2.45) is 11.5 Å². The fourth-order valence-corrected chi connectivity index (χ4v) is 4.17. The van der Waals surface area contributed by atoms with Crippen LogP contribution in [0.1, 0.15) is 56.4 Å². The molecule has 0 saturated heterocycles. The second kappa shape index (κ2) is 9.38. The Morgan fingerprint density at radius 1 is 1.36 bits per heavy atom. The minimum atomic E-state index is -1.13. The molecular weight excluding hydrogens is 372 g/mol. The van der Waals surface area contributed by atoms with Crippen molar-refractivity contribution in [1.82, 2.24) is 4.98 Å². The average molecular weight is 403 g/mol. The van der Waals surface area contributed by atoms with Crippen molar-refractivity contribution in [1.29, 1.82) is 0 Å². The third-order valence-electron chi connectivity index (χ3n) is 5.03. The molecule has 2 aromatic heterocycles. The second-order valence-corrected chi connectivity index (χ2v) is 8.05. The molecule has 152 valence electrons. The van der Waals surface area contributed by atoms with E-state index >= 15 is 0 Å². The van der Waals surface area contributed by atoms with Gasteiger partial charge in [0.05, 0.1) is 10.7 Å². The molecule has 2 aromatic rings. The predicted octanol–water partition coefficient (Wildman–Crippen LogP) is 3.52. The summed E-state index contributed by atoms with van der Waals surface area (Å²) in [4.78, 5) is 4.67. The van der Waals surface area contributed by atoms with Gasteiger partial charge in [-0.25, -0.2) is 4.98 Å². The third-order valence-corrected chi connectivity index (χ3v) is 5.86. The number of aliphatic hydroxyl groups is 1. The van der Waals surface area contributed by atoms with E-state index in [2.05, 4.69) is 28.6 Å².